The van der Waals surface area contributed by atoms with Gasteiger partial charge in [-0.3, -0.25) is 0 Å². The molecule has 0 radical (unpaired) electrons. The zero-order chi connectivity index (χ0) is 17.6. The van der Waals surface area contributed by atoms with Crippen molar-refractivity contribution in [2.75, 3.05) is 0 Å². The van der Waals surface area contributed by atoms with Gasteiger partial charge in [-0.25, -0.2) is 4.39 Å². The minimum atomic E-state index is -5.23. The smallest absolute Gasteiger partial charge is 0.391 e. The first kappa shape index (κ1) is 18.0. The minimum Gasteiger partial charge on any atom is -0.391 e. The molecule has 0 aromatic heterocycles. The summed E-state index contributed by atoms with van der Waals surface area (Å²) in [4.78, 5) is 0. The molecule has 1 aliphatic carbocycles. The predicted octanol–water partition coefficient (Wildman–Crippen LogP) is 4.02. The van der Waals surface area contributed by atoms with Crippen LogP contribution >= 0.6 is 0 Å². The lowest BCUT2D eigenvalue weighted by Gasteiger charge is -2.34. The summed E-state index contributed by atoms with van der Waals surface area (Å²) >= 11 is 0. The van der Waals surface area contributed by atoms with Crippen LogP contribution in [0.1, 0.15) is 42.0 Å². The highest BCUT2D eigenvalue weighted by Gasteiger charge is 2.43. The summed E-state index contributed by atoms with van der Waals surface area (Å²) in [5.41, 5.74) is 0.838. The number of rotatable bonds is 3. The molecule has 1 fully saturated rings. The summed E-state index contributed by atoms with van der Waals surface area (Å²) in [6.45, 7) is 0. The van der Waals surface area contributed by atoms with Crippen molar-refractivity contribution in [2.45, 2.75) is 43.8 Å². The fourth-order valence-corrected chi connectivity index (χ4v) is 2.60. The van der Waals surface area contributed by atoms with Gasteiger partial charge in [-0.05, 0) is 30.9 Å². The molecule has 2 rings (SSSR count). The van der Waals surface area contributed by atoms with Crippen molar-refractivity contribution in [1.82, 2.24) is 0 Å². The van der Waals surface area contributed by atoms with Crippen LogP contribution in [0.3, 0.4) is 0 Å². The third-order valence-electron chi connectivity index (χ3n) is 4.10. The maximum absolute atomic E-state index is 14.0. The lowest BCUT2D eigenvalue weighted by Crippen LogP contribution is -2.38. The van der Waals surface area contributed by atoms with Gasteiger partial charge in [0.25, 0.3) is 0 Å². The van der Waals surface area contributed by atoms with Gasteiger partial charge in [0.2, 0.25) is 0 Å². The predicted molar refractivity (Wildman–Crippen MR) is 66.7 cm³/mol. The van der Waals surface area contributed by atoms with E-state index in [1.807, 2.05) is 0 Å². The van der Waals surface area contributed by atoms with Gasteiger partial charge in [-0.15, -0.1) is 0 Å². The van der Waals surface area contributed by atoms with E-state index in [0.29, 0.717) is 12.8 Å². The molecular formula is C14H14F7NO. The second kappa shape index (κ2) is 5.94. The van der Waals surface area contributed by atoms with Crippen molar-refractivity contribution >= 4 is 0 Å². The summed E-state index contributed by atoms with van der Waals surface area (Å²) in [6, 6.07) is -1.96. The summed E-state index contributed by atoms with van der Waals surface area (Å²) in [7, 11) is 0. The van der Waals surface area contributed by atoms with Crippen molar-refractivity contribution in [2.24, 2.45) is 11.7 Å². The van der Waals surface area contributed by atoms with E-state index in [2.05, 4.69) is 0 Å². The number of halogens is 7. The van der Waals surface area contributed by atoms with Crippen LogP contribution in [0.5, 0.6) is 0 Å². The van der Waals surface area contributed by atoms with Gasteiger partial charge in [0.05, 0.1) is 23.3 Å². The molecule has 130 valence electrons. The molecule has 23 heavy (non-hydrogen) atoms. The lowest BCUT2D eigenvalue weighted by molar-refractivity contribution is -0.144. The zero-order valence-corrected chi connectivity index (χ0v) is 11.7. The molecular weight excluding hydrogens is 331 g/mol. The Morgan fingerprint density at radius 1 is 1.04 bits per heavy atom. The van der Waals surface area contributed by atoms with Crippen LogP contribution in [0.4, 0.5) is 30.7 Å². The Balaban J connectivity index is 2.53. The molecule has 9 heteroatoms. The van der Waals surface area contributed by atoms with Crippen LogP contribution in [0.15, 0.2) is 12.1 Å². The highest BCUT2D eigenvalue weighted by Crippen LogP contribution is 2.42. The van der Waals surface area contributed by atoms with E-state index in [9.17, 15) is 35.8 Å². The van der Waals surface area contributed by atoms with Crippen LogP contribution < -0.4 is 5.73 Å². The Labute approximate surface area is 127 Å². The molecule has 1 saturated carbocycles. The Morgan fingerprint density at radius 3 is 2.00 bits per heavy atom. The number of hydrogen-bond donors (Lipinski definition) is 2. The van der Waals surface area contributed by atoms with Crippen LogP contribution in [-0.4, -0.2) is 11.2 Å². The van der Waals surface area contributed by atoms with Gasteiger partial charge in [0.1, 0.15) is 5.82 Å². The number of benzene rings is 1. The van der Waals surface area contributed by atoms with Crippen LogP contribution in [-0.2, 0) is 12.4 Å². The first-order valence-corrected chi connectivity index (χ1v) is 6.84. The van der Waals surface area contributed by atoms with E-state index in [0.717, 1.165) is 6.42 Å². The molecule has 3 N–H and O–H groups in total. The number of hydrogen-bond acceptors (Lipinski definition) is 2. The van der Waals surface area contributed by atoms with E-state index < -0.39 is 47.0 Å². The Kier molecular flexibility index (Phi) is 4.64. The summed E-state index contributed by atoms with van der Waals surface area (Å²) < 4.78 is 90.9. The first-order valence-electron chi connectivity index (χ1n) is 6.84. The first-order chi connectivity index (χ1) is 10.4. The third kappa shape index (κ3) is 3.60. The summed E-state index contributed by atoms with van der Waals surface area (Å²) in [6.07, 6.45) is -9.99. The molecule has 1 aromatic rings. The SMILES string of the molecule is N[C@@H](c1c(F)cc(C(F)(F)F)cc1C(F)(F)F)[C@H](O)C1CCC1. The monoisotopic (exact) mass is 345 g/mol. The maximum Gasteiger partial charge on any atom is 0.416 e. The molecule has 1 aliphatic rings. The van der Waals surface area contributed by atoms with Crippen LogP contribution in [0.25, 0.3) is 0 Å². The topological polar surface area (TPSA) is 46.2 Å². The molecule has 0 unspecified atom stereocenters. The average molecular weight is 345 g/mol. The molecule has 0 amide bonds. The zero-order valence-electron chi connectivity index (χ0n) is 11.7. The van der Waals surface area contributed by atoms with E-state index in [4.69, 9.17) is 5.73 Å². The quantitative estimate of drug-likeness (QED) is 0.813. The van der Waals surface area contributed by atoms with Gasteiger partial charge in [-0.1, -0.05) is 6.42 Å². The Hall–Kier alpha value is -1.35. The van der Waals surface area contributed by atoms with Gasteiger partial charge < -0.3 is 10.8 Å². The average Bonchev–Trinajstić information content (AvgIpc) is 2.32. The third-order valence-corrected chi connectivity index (χ3v) is 4.10. The Morgan fingerprint density at radius 2 is 1.61 bits per heavy atom. The van der Waals surface area contributed by atoms with Gasteiger partial charge in [0, 0.05) is 5.56 Å². The van der Waals surface area contributed by atoms with Crippen molar-refractivity contribution < 1.29 is 35.8 Å². The number of alkyl halides is 6. The molecule has 1 aromatic carbocycles. The molecule has 0 aliphatic heterocycles. The highest BCUT2D eigenvalue weighted by atomic mass is 19.4. The fraction of sp³-hybridized carbons (Fsp3) is 0.571. The van der Waals surface area contributed by atoms with Crippen LogP contribution in [0.2, 0.25) is 0 Å². The van der Waals surface area contributed by atoms with Crippen LogP contribution in [0, 0.1) is 11.7 Å². The second-order valence-corrected chi connectivity index (χ2v) is 5.62. The maximum atomic E-state index is 14.0. The van der Waals surface area contributed by atoms with E-state index in [1.54, 1.807) is 0 Å². The second-order valence-electron chi connectivity index (χ2n) is 5.62. The molecule has 2 nitrogen and oxygen atoms in total. The van der Waals surface area contributed by atoms with Gasteiger partial charge in [-0.2, -0.15) is 26.3 Å². The molecule has 2 atom stereocenters. The van der Waals surface area contributed by atoms with Crippen molar-refractivity contribution in [3.8, 4) is 0 Å². The summed E-state index contributed by atoms with van der Waals surface area (Å²) in [5, 5.41) is 9.95. The molecule has 0 spiro atoms. The number of aliphatic hydroxyl groups excluding tert-OH is 1. The number of nitrogens with two attached hydrogens (primary N) is 1. The van der Waals surface area contributed by atoms with Gasteiger partial charge >= 0.3 is 12.4 Å². The van der Waals surface area contributed by atoms with Crippen molar-refractivity contribution in [3.63, 3.8) is 0 Å². The van der Waals surface area contributed by atoms with Gasteiger partial charge in [0.15, 0.2) is 0 Å². The molecule has 0 heterocycles. The summed E-state index contributed by atoms with van der Waals surface area (Å²) in [5.74, 6) is -2.11. The van der Waals surface area contributed by atoms with Crippen molar-refractivity contribution in [1.29, 1.82) is 0 Å². The van der Waals surface area contributed by atoms with E-state index >= 15 is 0 Å². The van der Waals surface area contributed by atoms with E-state index in [1.165, 1.54) is 0 Å². The fourth-order valence-electron chi connectivity index (χ4n) is 2.60. The highest BCUT2D eigenvalue weighted by molar-refractivity contribution is 5.39. The normalized spacial score (nSPS) is 19.3. The molecule has 0 bridgehead atoms. The Bertz CT molecular complexity index is 578. The van der Waals surface area contributed by atoms with Crippen molar-refractivity contribution in [3.05, 3.63) is 34.6 Å². The largest absolute Gasteiger partial charge is 0.416 e. The minimum absolute atomic E-state index is 0.0298. The standard InChI is InChI=1S/C14H14F7NO/c15-9-5-7(13(16,17)18)4-8(14(19,20)21)10(9)11(22)12(23)6-2-1-3-6/h4-6,11-12,23H,1-3,22H2/t11-,12+/m0/s1. The molecule has 0 saturated heterocycles. The number of aliphatic hydroxyl groups is 1. The lowest BCUT2D eigenvalue weighted by atomic mass is 9.77. The van der Waals surface area contributed by atoms with E-state index in [-0.39, 0.29) is 18.1 Å².